The smallest absolute Gasteiger partial charge is 0.341 e. The van der Waals surface area contributed by atoms with Crippen LogP contribution < -0.4 is 9.62 Å². The Morgan fingerprint density at radius 1 is 1.13 bits per heavy atom. The van der Waals surface area contributed by atoms with Crippen LogP contribution in [0.15, 0.2) is 24.3 Å². The summed E-state index contributed by atoms with van der Waals surface area (Å²) < 4.78 is 35.1. The van der Waals surface area contributed by atoms with E-state index in [-0.39, 0.29) is 16.9 Å². The molecule has 1 saturated heterocycles. The number of rotatable bonds is 6. The molecule has 1 N–H and O–H groups in total. The Hall–Kier alpha value is -2.92. The SMILES string of the molecule is COC(=O)c1c(NC(=O)COC(=O)c2ccc(N3CCCS3(=O)=O)cc2)sc(C)c1C. The Balaban J connectivity index is 1.61. The third-order valence-electron chi connectivity index (χ3n) is 4.85. The Morgan fingerprint density at radius 2 is 1.81 bits per heavy atom. The van der Waals surface area contributed by atoms with Crippen molar-refractivity contribution < 1.29 is 32.3 Å². The van der Waals surface area contributed by atoms with Gasteiger partial charge in [0, 0.05) is 11.4 Å². The standard InChI is InChI=1S/C20H22N2O7S2/c1-12-13(2)30-18(17(12)20(25)28-3)21-16(23)11-29-19(24)14-5-7-15(8-6-14)22-9-4-10-31(22,26)27/h5-8H,4,9-11H2,1-3H3,(H,21,23). The highest BCUT2D eigenvalue weighted by atomic mass is 32.2. The van der Waals surface area contributed by atoms with Crippen molar-refractivity contribution in [3.05, 3.63) is 45.8 Å². The lowest BCUT2D eigenvalue weighted by Crippen LogP contribution is -2.25. The summed E-state index contributed by atoms with van der Waals surface area (Å²) >= 11 is 1.23. The summed E-state index contributed by atoms with van der Waals surface area (Å²) in [6, 6.07) is 5.95. The number of benzene rings is 1. The largest absolute Gasteiger partial charge is 0.465 e. The van der Waals surface area contributed by atoms with E-state index in [0.717, 1.165) is 4.88 Å². The predicted octanol–water partition coefficient (Wildman–Crippen LogP) is 2.49. The number of methoxy groups -OCH3 is 1. The average molecular weight is 467 g/mol. The number of amides is 1. The van der Waals surface area contributed by atoms with E-state index in [1.165, 1.54) is 47.0 Å². The molecule has 0 spiro atoms. The fourth-order valence-corrected chi connectivity index (χ4v) is 5.76. The van der Waals surface area contributed by atoms with E-state index in [1.54, 1.807) is 6.92 Å². The number of sulfonamides is 1. The molecule has 0 atom stereocenters. The lowest BCUT2D eigenvalue weighted by molar-refractivity contribution is -0.119. The van der Waals surface area contributed by atoms with Crippen LogP contribution >= 0.6 is 11.3 Å². The molecule has 1 fully saturated rings. The van der Waals surface area contributed by atoms with Gasteiger partial charge < -0.3 is 14.8 Å². The molecular weight excluding hydrogens is 444 g/mol. The summed E-state index contributed by atoms with van der Waals surface area (Å²) in [5, 5.41) is 2.91. The van der Waals surface area contributed by atoms with Gasteiger partial charge in [-0.2, -0.15) is 0 Å². The molecule has 1 aliphatic heterocycles. The Morgan fingerprint density at radius 3 is 2.39 bits per heavy atom. The van der Waals surface area contributed by atoms with Gasteiger partial charge in [-0.3, -0.25) is 9.10 Å². The summed E-state index contributed by atoms with van der Waals surface area (Å²) in [6.07, 6.45) is 0.558. The minimum absolute atomic E-state index is 0.104. The highest BCUT2D eigenvalue weighted by Gasteiger charge is 2.28. The second-order valence-electron chi connectivity index (χ2n) is 6.89. The number of nitrogens with zero attached hydrogens (tertiary/aromatic N) is 1. The third kappa shape index (κ3) is 4.88. The van der Waals surface area contributed by atoms with Crippen LogP contribution in [0.3, 0.4) is 0 Å². The molecule has 3 rings (SSSR count). The van der Waals surface area contributed by atoms with Crippen LogP contribution in [-0.4, -0.2) is 52.3 Å². The Labute approximate surface area is 184 Å². The van der Waals surface area contributed by atoms with Crippen LogP contribution in [0, 0.1) is 13.8 Å². The zero-order valence-corrected chi connectivity index (χ0v) is 18.9. The number of hydrogen-bond donors (Lipinski definition) is 1. The molecule has 0 aliphatic carbocycles. The molecule has 31 heavy (non-hydrogen) atoms. The average Bonchev–Trinajstić information content (AvgIpc) is 3.23. The van der Waals surface area contributed by atoms with Gasteiger partial charge in [-0.1, -0.05) is 0 Å². The summed E-state index contributed by atoms with van der Waals surface area (Å²) in [7, 11) is -2.05. The number of esters is 2. The first-order valence-corrected chi connectivity index (χ1v) is 11.8. The number of nitrogens with one attached hydrogen (secondary N) is 1. The molecule has 0 radical (unpaired) electrons. The van der Waals surface area contributed by atoms with Gasteiger partial charge in [0.25, 0.3) is 5.91 Å². The Kier molecular flexibility index (Phi) is 6.65. The van der Waals surface area contributed by atoms with Crippen molar-refractivity contribution in [1.29, 1.82) is 0 Å². The summed E-state index contributed by atoms with van der Waals surface area (Å²) in [4.78, 5) is 37.3. The first kappa shape index (κ1) is 22.8. The van der Waals surface area contributed by atoms with Crippen LogP contribution in [0.5, 0.6) is 0 Å². The molecule has 1 aromatic carbocycles. The normalized spacial score (nSPS) is 14.9. The zero-order valence-electron chi connectivity index (χ0n) is 17.3. The molecule has 2 aromatic rings. The highest BCUT2D eigenvalue weighted by Crippen LogP contribution is 2.33. The number of ether oxygens (including phenoxy) is 2. The second-order valence-corrected chi connectivity index (χ2v) is 10.1. The lowest BCUT2D eigenvalue weighted by atomic mass is 10.1. The van der Waals surface area contributed by atoms with Gasteiger partial charge in [-0.25, -0.2) is 18.0 Å². The van der Waals surface area contributed by atoms with Crippen LogP contribution in [-0.2, 0) is 24.3 Å². The quantitative estimate of drug-likeness (QED) is 0.650. The summed E-state index contributed by atoms with van der Waals surface area (Å²) in [5.41, 5.74) is 1.65. The van der Waals surface area contributed by atoms with Crippen molar-refractivity contribution >= 4 is 49.9 Å². The van der Waals surface area contributed by atoms with E-state index in [2.05, 4.69) is 5.32 Å². The molecule has 2 heterocycles. The number of thiophene rings is 1. The van der Waals surface area contributed by atoms with Crippen LogP contribution in [0.4, 0.5) is 10.7 Å². The Bertz CT molecular complexity index is 1120. The fourth-order valence-electron chi connectivity index (χ4n) is 3.13. The molecule has 1 aliphatic rings. The van der Waals surface area contributed by atoms with Crippen molar-refractivity contribution in [2.75, 3.05) is 35.6 Å². The van der Waals surface area contributed by atoms with E-state index >= 15 is 0 Å². The summed E-state index contributed by atoms with van der Waals surface area (Å²) in [6.45, 7) is 3.43. The maximum absolute atomic E-state index is 12.2. The minimum Gasteiger partial charge on any atom is -0.465 e. The van der Waals surface area contributed by atoms with Crippen LogP contribution in [0.1, 0.15) is 37.6 Å². The minimum atomic E-state index is -3.31. The van der Waals surface area contributed by atoms with Gasteiger partial charge in [-0.15, -0.1) is 11.3 Å². The zero-order chi connectivity index (χ0) is 22.8. The van der Waals surface area contributed by atoms with E-state index in [4.69, 9.17) is 9.47 Å². The first-order chi connectivity index (χ1) is 14.6. The van der Waals surface area contributed by atoms with E-state index in [0.29, 0.717) is 29.2 Å². The molecular formula is C20H22N2O7S2. The van der Waals surface area contributed by atoms with Gasteiger partial charge in [0.2, 0.25) is 10.0 Å². The third-order valence-corrected chi connectivity index (χ3v) is 7.84. The van der Waals surface area contributed by atoms with Gasteiger partial charge >= 0.3 is 11.9 Å². The number of aryl methyl sites for hydroxylation is 1. The molecule has 11 heteroatoms. The number of hydrogen-bond acceptors (Lipinski definition) is 8. The van der Waals surface area contributed by atoms with Gasteiger partial charge in [-0.05, 0) is 50.1 Å². The maximum Gasteiger partial charge on any atom is 0.341 e. The van der Waals surface area contributed by atoms with Crippen LogP contribution in [0.25, 0.3) is 0 Å². The van der Waals surface area contributed by atoms with E-state index in [1.807, 2.05) is 6.92 Å². The topological polar surface area (TPSA) is 119 Å². The monoisotopic (exact) mass is 466 g/mol. The van der Waals surface area contributed by atoms with Gasteiger partial charge in [0.05, 0.1) is 29.7 Å². The predicted molar refractivity (Wildman–Crippen MR) is 116 cm³/mol. The van der Waals surface area contributed by atoms with E-state index in [9.17, 15) is 22.8 Å². The molecule has 0 unspecified atom stereocenters. The van der Waals surface area contributed by atoms with Crippen molar-refractivity contribution in [2.45, 2.75) is 20.3 Å². The van der Waals surface area contributed by atoms with Gasteiger partial charge in [0.1, 0.15) is 5.00 Å². The molecule has 1 amide bonds. The lowest BCUT2D eigenvalue weighted by Gasteiger charge is -2.16. The number of carbonyl (C=O) groups is 3. The first-order valence-electron chi connectivity index (χ1n) is 9.40. The second kappa shape index (κ2) is 9.06. The highest BCUT2D eigenvalue weighted by molar-refractivity contribution is 7.93. The van der Waals surface area contributed by atoms with Crippen molar-refractivity contribution in [1.82, 2.24) is 0 Å². The van der Waals surface area contributed by atoms with Crippen molar-refractivity contribution in [2.24, 2.45) is 0 Å². The van der Waals surface area contributed by atoms with Crippen LogP contribution in [0.2, 0.25) is 0 Å². The fraction of sp³-hybridized carbons (Fsp3) is 0.350. The maximum atomic E-state index is 12.2. The number of carbonyl (C=O) groups excluding carboxylic acids is 3. The molecule has 9 nitrogen and oxygen atoms in total. The van der Waals surface area contributed by atoms with E-state index < -0.39 is 34.5 Å². The molecule has 0 saturated carbocycles. The van der Waals surface area contributed by atoms with Gasteiger partial charge in [0.15, 0.2) is 6.61 Å². The molecule has 0 bridgehead atoms. The molecule has 166 valence electrons. The van der Waals surface area contributed by atoms with Crippen molar-refractivity contribution in [3.8, 4) is 0 Å². The molecule has 1 aromatic heterocycles. The van der Waals surface area contributed by atoms with Crippen molar-refractivity contribution in [3.63, 3.8) is 0 Å². The summed E-state index contributed by atoms with van der Waals surface area (Å²) in [5.74, 6) is -1.78. The number of anilines is 2.